The minimum absolute atomic E-state index is 0.0358. The number of hydrogen-bond donors (Lipinski definition) is 0. The van der Waals surface area contributed by atoms with Crippen LogP contribution in [0.3, 0.4) is 0 Å². The summed E-state index contributed by atoms with van der Waals surface area (Å²) in [7, 11) is 0. The molecule has 2 aliphatic heterocycles. The van der Waals surface area contributed by atoms with Crippen molar-refractivity contribution >= 4 is 11.8 Å². The fraction of sp³-hybridized carbons (Fsp3) is 0.280. The number of esters is 1. The number of ketones is 1. The van der Waals surface area contributed by atoms with Crippen LogP contribution in [0.2, 0.25) is 0 Å². The quantitative estimate of drug-likeness (QED) is 0.421. The summed E-state index contributed by atoms with van der Waals surface area (Å²) in [5, 5.41) is 0. The number of carbonyl (C=O) groups is 2. The number of carbonyl (C=O) groups excluding carboxylic acids is 2. The zero-order valence-corrected chi connectivity index (χ0v) is 18.3. The first-order valence-electron chi connectivity index (χ1n) is 10.6. The number of fused-ring (bicyclic) bond motifs is 2. The van der Waals surface area contributed by atoms with Gasteiger partial charge in [0.25, 0.3) is 0 Å². The molecule has 0 saturated carbocycles. The van der Waals surface area contributed by atoms with Crippen LogP contribution in [0.1, 0.15) is 27.3 Å². The van der Waals surface area contributed by atoms with Crippen LogP contribution in [0, 0.1) is 13.8 Å². The number of nitrogens with zero attached hydrogens (tertiary/aromatic N) is 1. The highest BCUT2D eigenvalue weighted by Gasteiger charge is 2.29. The number of hydrogen-bond acceptors (Lipinski definition) is 7. The van der Waals surface area contributed by atoms with Gasteiger partial charge >= 0.3 is 5.97 Å². The molecular weight excluding hydrogens is 426 g/mol. The fourth-order valence-electron chi connectivity index (χ4n) is 3.99. The zero-order chi connectivity index (χ0) is 22.9. The molecule has 0 saturated heterocycles. The first-order chi connectivity index (χ1) is 16.0. The number of Topliss-reactive ketones (excluding diaryl/α,β-unsaturated/α-hetero) is 1. The van der Waals surface area contributed by atoms with Gasteiger partial charge in [0.2, 0.25) is 18.7 Å². The highest BCUT2D eigenvalue weighted by atomic mass is 16.7. The third-order valence-corrected chi connectivity index (χ3v) is 5.77. The molecule has 1 atom stereocenters. The Labute approximate surface area is 190 Å². The lowest BCUT2D eigenvalue weighted by Crippen LogP contribution is -2.38. The van der Waals surface area contributed by atoms with Crippen molar-refractivity contribution in [1.29, 1.82) is 0 Å². The second-order valence-electron chi connectivity index (χ2n) is 7.95. The molecule has 2 aliphatic rings. The lowest BCUT2D eigenvalue weighted by atomic mass is 10.1. The molecule has 0 unspecified atom stereocenters. The number of para-hydroxylation sites is 2. The molecule has 1 aromatic heterocycles. The van der Waals surface area contributed by atoms with Gasteiger partial charge in [-0.15, -0.1) is 0 Å². The van der Waals surface area contributed by atoms with Crippen molar-refractivity contribution in [3.63, 3.8) is 0 Å². The topological polar surface area (TPSA) is 85.2 Å². The maximum Gasteiger partial charge on any atom is 0.351 e. The molecule has 33 heavy (non-hydrogen) atoms. The lowest BCUT2D eigenvalue weighted by Gasteiger charge is -2.24. The maximum atomic E-state index is 12.8. The van der Waals surface area contributed by atoms with Gasteiger partial charge < -0.3 is 28.3 Å². The number of ether oxygens (including phenoxy) is 5. The van der Waals surface area contributed by atoms with Gasteiger partial charge in [0.1, 0.15) is 6.61 Å². The fourth-order valence-corrected chi connectivity index (χ4v) is 3.99. The minimum atomic E-state index is -0.911. The van der Waals surface area contributed by atoms with Crippen molar-refractivity contribution in [2.24, 2.45) is 0 Å². The van der Waals surface area contributed by atoms with Gasteiger partial charge in [-0.25, -0.2) is 4.79 Å². The number of aromatic nitrogens is 1. The smallest absolute Gasteiger partial charge is 0.351 e. The number of benzene rings is 2. The van der Waals surface area contributed by atoms with Crippen LogP contribution < -0.4 is 18.9 Å². The molecule has 0 spiro atoms. The van der Waals surface area contributed by atoms with Gasteiger partial charge in [0.05, 0.1) is 0 Å². The molecule has 0 aliphatic carbocycles. The number of aryl methyl sites for hydroxylation is 1. The van der Waals surface area contributed by atoms with E-state index in [-0.39, 0.29) is 25.8 Å². The van der Waals surface area contributed by atoms with Crippen LogP contribution in [0.15, 0.2) is 48.5 Å². The van der Waals surface area contributed by atoms with E-state index in [0.717, 1.165) is 28.5 Å². The Bertz CT molecular complexity index is 1230. The second-order valence-corrected chi connectivity index (χ2v) is 7.95. The Hall–Kier alpha value is -3.94. The molecule has 8 heteroatoms. The molecule has 0 bridgehead atoms. The Morgan fingerprint density at radius 3 is 2.58 bits per heavy atom. The molecule has 0 radical (unpaired) electrons. The van der Waals surface area contributed by atoms with Crippen LogP contribution in [-0.2, 0) is 16.1 Å². The van der Waals surface area contributed by atoms with Crippen molar-refractivity contribution in [2.45, 2.75) is 26.5 Å². The summed E-state index contributed by atoms with van der Waals surface area (Å²) in [6.07, 6.45) is -0.911. The van der Waals surface area contributed by atoms with Crippen molar-refractivity contribution < 1.29 is 33.3 Å². The summed E-state index contributed by atoms with van der Waals surface area (Å²) < 4.78 is 29.3. The van der Waals surface area contributed by atoms with E-state index in [4.69, 9.17) is 23.7 Å². The largest absolute Gasteiger partial charge is 0.485 e. The Balaban J connectivity index is 1.23. The third kappa shape index (κ3) is 4.11. The summed E-state index contributed by atoms with van der Waals surface area (Å²) in [4.78, 5) is 25.3. The summed E-state index contributed by atoms with van der Waals surface area (Å²) >= 11 is 0. The van der Waals surface area contributed by atoms with E-state index in [2.05, 4.69) is 0 Å². The molecule has 3 aromatic rings. The molecule has 2 aromatic carbocycles. The summed E-state index contributed by atoms with van der Waals surface area (Å²) in [5.74, 6) is 1.59. The van der Waals surface area contributed by atoms with Crippen LogP contribution in [0.25, 0.3) is 0 Å². The SMILES string of the molecule is Cc1cc(C(=O)COC(=O)[C@H]2COc3ccccc3O2)c(C)n1Cc1ccc2c(c1)OCO2. The van der Waals surface area contributed by atoms with Gasteiger partial charge in [0, 0.05) is 23.5 Å². The van der Waals surface area contributed by atoms with Gasteiger partial charge in [-0.1, -0.05) is 18.2 Å². The predicted molar refractivity (Wildman–Crippen MR) is 117 cm³/mol. The first kappa shape index (κ1) is 20.9. The van der Waals surface area contributed by atoms with E-state index in [9.17, 15) is 9.59 Å². The Morgan fingerprint density at radius 2 is 1.73 bits per heavy atom. The number of rotatable bonds is 6. The van der Waals surface area contributed by atoms with E-state index in [0.29, 0.717) is 23.6 Å². The highest BCUT2D eigenvalue weighted by Crippen LogP contribution is 2.33. The van der Waals surface area contributed by atoms with Gasteiger partial charge in [-0.3, -0.25) is 4.79 Å². The van der Waals surface area contributed by atoms with Gasteiger partial charge in [-0.2, -0.15) is 0 Å². The summed E-state index contributed by atoms with van der Waals surface area (Å²) in [6.45, 7) is 4.29. The van der Waals surface area contributed by atoms with Crippen LogP contribution >= 0.6 is 0 Å². The van der Waals surface area contributed by atoms with Crippen molar-refractivity contribution in [3.8, 4) is 23.0 Å². The van der Waals surface area contributed by atoms with Crippen LogP contribution in [0.4, 0.5) is 0 Å². The average molecular weight is 449 g/mol. The molecule has 0 fully saturated rings. The monoisotopic (exact) mass is 449 g/mol. The summed E-state index contributed by atoms with van der Waals surface area (Å²) in [5.41, 5.74) is 3.28. The standard InChI is InChI=1S/C25H23NO7/c1-15-9-18(16(2)26(15)11-17-7-8-21-23(10-17)32-14-31-21)19(27)12-30-25(28)24-13-29-20-5-3-4-6-22(20)33-24/h3-10,24H,11-14H2,1-2H3/t24-/m1/s1. The van der Waals surface area contributed by atoms with Gasteiger partial charge in [0.15, 0.2) is 29.6 Å². The lowest BCUT2D eigenvalue weighted by molar-refractivity contribution is -0.153. The van der Waals surface area contributed by atoms with Crippen molar-refractivity contribution in [1.82, 2.24) is 4.57 Å². The predicted octanol–water partition coefficient (Wildman–Crippen LogP) is 3.45. The van der Waals surface area contributed by atoms with E-state index in [1.165, 1.54) is 0 Å². The van der Waals surface area contributed by atoms with E-state index in [1.54, 1.807) is 18.2 Å². The van der Waals surface area contributed by atoms with E-state index in [1.807, 2.05) is 48.7 Å². The van der Waals surface area contributed by atoms with Gasteiger partial charge in [-0.05, 0) is 49.7 Å². The molecule has 8 nitrogen and oxygen atoms in total. The zero-order valence-electron chi connectivity index (χ0n) is 18.3. The highest BCUT2D eigenvalue weighted by molar-refractivity contribution is 5.99. The minimum Gasteiger partial charge on any atom is -0.485 e. The molecular formula is C25H23NO7. The second kappa shape index (κ2) is 8.54. The Morgan fingerprint density at radius 1 is 0.970 bits per heavy atom. The molecule has 5 rings (SSSR count). The molecule has 170 valence electrons. The Kier molecular flexibility index (Phi) is 5.42. The molecule has 0 amide bonds. The van der Waals surface area contributed by atoms with Crippen LogP contribution in [0.5, 0.6) is 23.0 Å². The van der Waals surface area contributed by atoms with Crippen LogP contribution in [-0.4, -0.2) is 42.4 Å². The maximum absolute atomic E-state index is 12.8. The first-order valence-corrected chi connectivity index (χ1v) is 10.6. The summed E-state index contributed by atoms with van der Waals surface area (Å²) in [6, 6.07) is 14.7. The normalized spacial score (nSPS) is 15.9. The van der Waals surface area contributed by atoms with Crippen molar-refractivity contribution in [2.75, 3.05) is 20.0 Å². The molecule has 3 heterocycles. The third-order valence-electron chi connectivity index (χ3n) is 5.77. The average Bonchev–Trinajstić information content (AvgIpc) is 3.41. The molecule has 0 N–H and O–H groups in total. The van der Waals surface area contributed by atoms with E-state index >= 15 is 0 Å². The van der Waals surface area contributed by atoms with Crippen molar-refractivity contribution in [3.05, 3.63) is 71.0 Å². The van der Waals surface area contributed by atoms with E-state index < -0.39 is 12.1 Å².